The number of aliphatic carboxylic acids is 1. The van der Waals surface area contributed by atoms with Crippen LogP contribution >= 0.6 is 0 Å². The van der Waals surface area contributed by atoms with Gasteiger partial charge in [-0.15, -0.1) is 0 Å². The van der Waals surface area contributed by atoms with Gasteiger partial charge in [-0.3, -0.25) is 14.4 Å². The van der Waals surface area contributed by atoms with Crippen molar-refractivity contribution in [1.29, 1.82) is 0 Å². The highest BCUT2D eigenvalue weighted by atomic mass is 16.5. The van der Waals surface area contributed by atoms with Crippen LogP contribution in [-0.2, 0) is 17.6 Å². The molecule has 0 heterocycles. The smallest absolute Gasteiger partial charge is 0.305 e. The molecule has 4 aromatic carbocycles. The number of amides is 2. The standard InChI is InChI=1S/C34H34N2O5/c1-41-27-17-15-26(16-18-27)20-23-36(24-21-32(37)38)34(40)31-14-8-6-12-29(31)28-11-5-7-13-30(28)33(39)35-22-19-25-9-3-2-4-10-25/h2-18H,19-24H2,1H3,(H,35,39)(H,37,38). The Balaban J connectivity index is 1.56. The van der Waals surface area contributed by atoms with Crippen molar-refractivity contribution in [2.24, 2.45) is 0 Å². The van der Waals surface area contributed by atoms with Crippen LogP contribution < -0.4 is 10.1 Å². The molecule has 2 N–H and O–H groups in total. The zero-order chi connectivity index (χ0) is 29.0. The molecule has 0 saturated heterocycles. The lowest BCUT2D eigenvalue weighted by molar-refractivity contribution is -0.137. The molecular weight excluding hydrogens is 516 g/mol. The van der Waals surface area contributed by atoms with E-state index in [0.717, 1.165) is 16.9 Å². The summed E-state index contributed by atoms with van der Waals surface area (Å²) in [5.74, 6) is -0.738. The van der Waals surface area contributed by atoms with E-state index in [2.05, 4.69) is 5.32 Å². The molecule has 0 unspecified atom stereocenters. The minimum Gasteiger partial charge on any atom is -0.497 e. The highest BCUT2D eigenvalue weighted by Gasteiger charge is 2.22. The molecule has 0 spiro atoms. The molecule has 0 aliphatic rings. The monoisotopic (exact) mass is 550 g/mol. The molecule has 7 heteroatoms. The topological polar surface area (TPSA) is 95.9 Å². The minimum absolute atomic E-state index is 0.0697. The predicted molar refractivity (Wildman–Crippen MR) is 159 cm³/mol. The summed E-state index contributed by atoms with van der Waals surface area (Å²) in [5, 5.41) is 12.3. The van der Waals surface area contributed by atoms with Crippen LogP contribution in [0.15, 0.2) is 103 Å². The Morgan fingerprint density at radius 2 is 1.29 bits per heavy atom. The van der Waals surface area contributed by atoms with Crippen LogP contribution in [0.1, 0.15) is 38.3 Å². The molecule has 0 aliphatic carbocycles. The highest BCUT2D eigenvalue weighted by Crippen LogP contribution is 2.28. The summed E-state index contributed by atoms with van der Waals surface area (Å²) in [5.41, 5.74) is 4.28. The van der Waals surface area contributed by atoms with Gasteiger partial charge in [-0.05, 0) is 59.4 Å². The number of carboxylic acid groups (broad SMARTS) is 1. The first kappa shape index (κ1) is 29.1. The van der Waals surface area contributed by atoms with Crippen LogP contribution in [0.2, 0.25) is 0 Å². The summed E-state index contributed by atoms with van der Waals surface area (Å²) < 4.78 is 5.22. The number of hydrogen-bond donors (Lipinski definition) is 2. The number of hydrogen-bond acceptors (Lipinski definition) is 4. The molecule has 4 rings (SSSR count). The molecule has 0 fully saturated rings. The fourth-order valence-electron chi connectivity index (χ4n) is 4.65. The molecule has 0 bridgehead atoms. The van der Waals surface area contributed by atoms with E-state index in [0.29, 0.717) is 48.2 Å². The summed E-state index contributed by atoms with van der Waals surface area (Å²) in [6.07, 6.45) is 1.09. The summed E-state index contributed by atoms with van der Waals surface area (Å²) in [7, 11) is 1.60. The van der Waals surface area contributed by atoms with Crippen LogP contribution in [0.4, 0.5) is 0 Å². The van der Waals surface area contributed by atoms with Gasteiger partial charge in [0.1, 0.15) is 5.75 Å². The lowest BCUT2D eigenvalue weighted by Crippen LogP contribution is -2.35. The quantitative estimate of drug-likeness (QED) is 0.229. The van der Waals surface area contributed by atoms with Gasteiger partial charge in [0.2, 0.25) is 0 Å². The molecule has 0 aliphatic heterocycles. The van der Waals surface area contributed by atoms with Gasteiger partial charge in [-0.2, -0.15) is 0 Å². The first-order chi connectivity index (χ1) is 20.0. The highest BCUT2D eigenvalue weighted by molar-refractivity contribution is 6.06. The van der Waals surface area contributed by atoms with E-state index in [-0.39, 0.29) is 24.8 Å². The fourth-order valence-corrected chi connectivity index (χ4v) is 4.65. The number of ether oxygens (including phenoxy) is 1. The van der Waals surface area contributed by atoms with Gasteiger partial charge < -0.3 is 20.1 Å². The van der Waals surface area contributed by atoms with Gasteiger partial charge in [0.15, 0.2) is 0 Å². The first-order valence-electron chi connectivity index (χ1n) is 13.6. The van der Waals surface area contributed by atoms with Crippen molar-refractivity contribution >= 4 is 17.8 Å². The molecule has 2 amide bonds. The van der Waals surface area contributed by atoms with Crippen LogP contribution in [0.3, 0.4) is 0 Å². The normalized spacial score (nSPS) is 10.6. The Hall–Kier alpha value is -4.91. The van der Waals surface area contributed by atoms with Gasteiger partial charge in [-0.25, -0.2) is 0 Å². The van der Waals surface area contributed by atoms with Gasteiger partial charge in [0, 0.05) is 30.8 Å². The molecule has 4 aromatic rings. The Kier molecular flexibility index (Phi) is 10.3. The van der Waals surface area contributed by atoms with Crippen LogP contribution in [-0.4, -0.2) is 54.5 Å². The zero-order valence-corrected chi connectivity index (χ0v) is 23.1. The van der Waals surface area contributed by atoms with Gasteiger partial charge in [-0.1, -0.05) is 78.9 Å². The third-order valence-electron chi connectivity index (χ3n) is 6.87. The van der Waals surface area contributed by atoms with Gasteiger partial charge in [0.05, 0.1) is 13.5 Å². The lowest BCUT2D eigenvalue weighted by atomic mass is 9.94. The number of carboxylic acids is 1. The molecule has 0 radical (unpaired) electrons. The van der Waals surface area contributed by atoms with Crippen LogP contribution in [0.25, 0.3) is 11.1 Å². The maximum Gasteiger partial charge on any atom is 0.305 e. The van der Waals surface area contributed by atoms with Crippen molar-refractivity contribution < 1.29 is 24.2 Å². The zero-order valence-electron chi connectivity index (χ0n) is 23.1. The third kappa shape index (κ3) is 8.05. The number of rotatable bonds is 13. The van der Waals surface area contributed by atoms with Crippen molar-refractivity contribution in [3.8, 4) is 16.9 Å². The summed E-state index contributed by atoms with van der Waals surface area (Å²) in [4.78, 5) is 40.1. The SMILES string of the molecule is COc1ccc(CCN(CCC(=O)O)C(=O)c2ccccc2-c2ccccc2C(=O)NCCc2ccccc2)cc1. The number of nitrogens with zero attached hydrogens (tertiary/aromatic N) is 1. The van der Waals surface area contributed by atoms with Crippen molar-refractivity contribution in [2.75, 3.05) is 26.7 Å². The third-order valence-corrected chi connectivity index (χ3v) is 6.87. The van der Waals surface area contributed by atoms with E-state index in [9.17, 15) is 19.5 Å². The maximum atomic E-state index is 13.9. The Morgan fingerprint density at radius 1 is 0.707 bits per heavy atom. The van der Waals surface area contributed by atoms with E-state index >= 15 is 0 Å². The number of carbonyl (C=O) groups is 3. The van der Waals surface area contributed by atoms with E-state index < -0.39 is 5.97 Å². The maximum absolute atomic E-state index is 13.9. The second-order valence-electron chi connectivity index (χ2n) is 9.62. The molecule has 0 saturated carbocycles. The van der Waals surface area contributed by atoms with Crippen molar-refractivity contribution in [3.05, 3.63) is 125 Å². The number of methoxy groups -OCH3 is 1. The van der Waals surface area contributed by atoms with Gasteiger partial charge >= 0.3 is 5.97 Å². The molecule has 0 atom stereocenters. The van der Waals surface area contributed by atoms with E-state index in [1.165, 1.54) is 0 Å². The van der Waals surface area contributed by atoms with Crippen LogP contribution in [0, 0.1) is 0 Å². The summed E-state index contributed by atoms with van der Waals surface area (Å²) >= 11 is 0. The van der Waals surface area contributed by atoms with E-state index in [1.54, 1.807) is 36.3 Å². The van der Waals surface area contributed by atoms with Crippen molar-refractivity contribution in [2.45, 2.75) is 19.3 Å². The Morgan fingerprint density at radius 3 is 1.95 bits per heavy atom. The van der Waals surface area contributed by atoms with E-state index in [1.807, 2.05) is 78.9 Å². The number of nitrogens with one attached hydrogen (secondary N) is 1. The molecule has 7 nitrogen and oxygen atoms in total. The first-order valence-corrected chi connectivity index (χ1v) is 13.6. The van der Waals surface area contributed by atoms with Crippen molar-refractivity contribution in [3.63, 3.8) is 0 Å². The molecule has 41 heavy (non-hydrogen) atoms. The second kappa shape index (κ2) is 14.5. The summed E-state index contributed by atoms with van der Waals surface area (Å²) in [6.45, 7) is 0.890. The second-order valence-corrected chi connectivity index (χ2v) is 9.62. The van der Waals surface area contributed by atoms with Gasteiger partial charge in [0.25, 0.3) is 11.8 Å². The Labute approximate surface area is 240 Å². The average molecular weight is 551 g/mol. The molecular formula is C34H34N2O5. The lowest BCUT2D eigenvalue weighted by Gasteiger charge is -2.24. The summed E-state index contributed by atoms with van der Waals surface area (Å²) in [6, 6.07) is 31.9. The van der Waals surface area contributed by atoms with E-state index in [4.69, 9.17) is 4.74 Å². The average Bonchev–Trinajstić information content (AvgIpc) is 3.01. The number of carbonyl (C=O) groups excluding carboxylic acids is 2. The fraction of sp³-hybridized carbons (Fsp3) is 0.206. The minimum atomic E-state index is -0.974. The number of benzene rings is 4. The molecule has 0 aromatic heterocycles. The van der Waals surface area contributed by atoms with Crippen molar-refractivity contribution in [1.82, 2.24) is 10.2 Å². The molecule has 210 valence electrons. The Bertz CT molecular complexity index is 1470. The van der Waals surface area contributed by atoms with Crippen LogP contribution in [0.5, 0.6) is 5.75 Å². The largest absolute Gasteiger partial charge is 0.497 e. The predicted octanol–water partition coefficient (Wildman–Crippen LogP) is 5.49.